The Hall–Kier alpha value is -1.43. The third-order valence-electron chi connectivity index (χ3n) is 3.13. The van der Waals surface area contributed by atoms with Crippen molar-refractivity contribution in [3.05, 3.63) is 34.1 Å². The Morgan fingerprint density at radius 1 is 1.29 bits per heavy atom. The summed E-state index contributed by atoms with van der Waals surface area (Å²) in [6.45, 7) is 2.55. The number of aliphatic carboxylic acids is 1. The van der Waals surface area contributed by atoms with Crippen LogP contribution in [0, 0.1) is 5.82 Å². The summed E-state index contributed by atoms with van der Waals surface area (Å²) in [5, 5.41) is 8.54. The van der Waals surface area contributed by atoms with Gasteiger partial charge in [0.2, 0.25) is 5.91 Å². The lowest BCUT2D eigenvalue weighted by Gasteiger charge is -2.21. The fraction of sp³-hybridized carbons (Fsp3) is 0.467. The molecule has 1 rings (SSSR count). The Kier molecular flexibility index (Phi) is 7.36. The van der Waals surface area contributed by atoms with Gasteiger partial charge in [-0.05, 0) is 38.0 Å². The van der Waals surface area contributed by atoms with Gasteiger partial charge in [-0.2, -0.15) is 0 Å². The average Bonchev–Trinajstić information content (AvgIpc) is 2.44. The molecule has 0 fully saturated rings. The molecule has 0 unspecified atom stereocenters. The molecule has 4 nitrogen and oxygen atoms in total. The minimum absolute atomic E-state index is 0.0691. The first-order valence-electron chi connectivity index (χ1n) is 6.87. The van der Waals surface area contributed by atoms with Gasteiger partial charge in [-0.3, -0.25) is 9.59 Å². The third-order valence-corrected chi connectivity index (χ3v) is 3.63. The molecule has 0 radical (unpaired) electrons. The summed E-state index contributed by atoms with van der Waals surface area (Å²) in [6.07, 6.45) is 1.36. The molecule has 1 amide bonds. The van der Waals surface area contributed by atoms with Crippen molar-refractivity contribution in [2.75, 3.05) is 6.54 Å². The number of benzene rings is 1. The summed E-state index contributed by atoms with van der Waals surface area (Å²) in [4.78, 5) is 24.0. The van der Waals surface area contributed by atoms with Gasteiger partial charge in [0.15, 0.2) is 0 Å². The summed E-state index contributed by atoms with van der Waals surface area (Å²) >= 11 is 3.28. The first-order chi connectivity index (χ1) is 9.93. The monoisotopic (exact) mass is 359 g/mol. The van der Waals surface area contributed by atoms with Crippen LogP contribution in [0.2, 0.25) is 0 Å². The van der Waals surface area contributed by atoms with Gasteiger partial charge in [-0.15, -0.1) is 0 Å². The fourth-order valence-corrected chi connectivity index (χ4v) is 2.37. The van der Waals surface area contributed by atoms with E-state index < -0.39 is 5.97 Å². The second-order valence-electron chi connectivity index (χ2n) is 4.74. The number of hydrogen-bond acceptors (Lipinski definition) is 2. The van der Waals surface area contributed by atoms with E-state index in [0.717, 1.165) is 4.47 Å². The van der Waals surface area contributed by atoms with Crippen molar-refractivity contribution < 1.29 is 19.1 Å². The predicted molar refractivity (Wildman–Crippen MR) is 81.3 cm³/mol. The lowest BCUT2D eigenvalue weighted by Crippen LogP contribution is -2.30. The quantitative estimate of drug-likeness (QED) is 0.721. The number of amides is 1. The van der Waals surface area contributed by atoms with Gasteiger partial charge in [-0.1, -0.05) is 15.9 Å². The molecule has 0 heterocycles. The number of halogens is 2. The molecule has 0 atom stereocenters. The van der Waals surface area contributed by atoms with Crippen LogP contribution in [0.15, 0.2) is 22.7 Å². The van der Waals surface area contributed by atoms with Crippen molar-refractivity contribution >= 4 is 27.8 Å². The van der Waals surface area contributed by atoms with E-state index in [2.05, 4.69) is 15.9 Å². The summed E-state index contributed by atoms with van der Waals surface area (Å²) in [5.41, 5.74) is 0.463. The van der Waals surface area contributed by atoms with E-state index in [1.807, 2.05) is 6.92 Å². The Morgan fingerprint density at radius 2 is 1.95 bits per heavy atom. The second-order valence-corrected chi connectivity index (χ2v) is 5.66. The number of hydrogen-bond donors (Lipinski definition) is 1. The second kappa shape index (κ2) is 8.77. The highest BCUT2D eigenvalue weighted by Crippen LogP contribution is 2.18. The van der Waals surface area contributed by atoms with Crippen LogP contribution in [-0.4, -0.2) is 28.4 Å². The van der Waals surface area contributed by atoms with Crippen molar-refractivity contribution in [1.29, 1.82) is 0 Å². The Balaban J connectivity index is 2.55. The molecule has 0 saturated carbocycles. The molecule has 0 spiro atoms. The van der Waals surface area contributed by atoms with E-state index >= 15 is 0 Å². The van der Waals surface area contributed by atoms with E-state index in [1.165, 1.54) is 6.07 Å². The number of carbonyl (C=O) groups is 2. The molecule has 1 aromatic rings. The number of carboxylic acids is 1. The minimum atomic E-state index is -0.856. The van der Waals surface area contributed by atoms with Crippen molar-refractivity contribution in [3.63, 3.8) is 0 Å². The number of rotatable bonds is 8. The zero-order valence-corrected chi connectivity index (χ0v) is 13.5. The van der Waals surface area contributed by atoms with E-state index in [0.29, 0.717) is 24.9 Å². The highest BCUT2D eigenvalue weighted by Gasteiger charge is 2.14. The van der Waals surface area contributed by atoms with Crippen molar-refractivity contribution in [2.45, 2.75) is 39.2 Å². The number of carboxylic acid groups (broad SMARTS) is 1. The lowest BCUT2D eigenvalue weighted by atomic mass is 10.1. The van der Waals surface area contributed by atoms with Gasteiger partial charge in [-0.25, -0.2) is 4.39 Å². The van der Waals surface area contributed by atoms with Crippen LogP contribution in [0.3, 0.4) is 0 Å². The smallest absolute Gasteiger partial charge is 0.303 e. The van der Waals surface area contributed by atoms with Crippen LogP contribution >= 0.6 is 15.9 Å². The number of carbonyl (C=O) groups excluding carboxylic acids is 1. The van der Waals surface area contributed by atoms with E-state index in [1.54, 1.807) is 17.0 Å². The van der Waals surface area contributed by atoms with Crippen molar-refractivity contribution in [2.24, 2.45) is 0 Å². The van der Waals surface area contributed by atoms with Crippen molar-refractivity contribution in [3.8, 4) is 0 Å². The zero-order valence-electron chi connectivity index (χ0n) is 11.9. The van der Waals surface area contributed by atoms with Gasteiger partial charge in [0.05, 0.1) is 0 Å². The van der Waals surface area contributed by atoms with Crippen LogP contribution in [0.5, 0.6) is 0 Å². The topological polar surface area (TPSA) is 57.6 Å². The predicted octanol–water partition coefficient (Wildman–Crippen LogP) is 3.58. The summed E-state index contributed by atoms with van der Waals surface area (Å²) < 4.78 is 14.5. The Bertz CT molecular complexity index is 508. The highest BCUT2D eigenvalue weighted by molar-refractivity contribution is 9.10. The molecular weight excluding hydrogens is 341 g/mol. The van der Waals surface area contributed by atoms with Gasteiger partial charge in [0.25, 0.3) is 0 Å². The largest absolute Gasteiger partial charge is 0.481 e. The van der Waals surface area contributed by atoms with Gasteiger partial charge in [0, 0.05) is 36.0 Å². The van der Waals surface area contributed by atoms with Gasteiger partial charge < -0.3 is 10.0 Å². The van der Waals surface area contributed by atoms with Crippen LogP contribution in [-0.2, 0) is 16.1 Å². The van der Waals surface area contributed by atoms with Crippen LogP contribution in [0.4, 0.5) is 4.39 Å². The maximum atomic E-state index is 13.7. The number of nitrogens with zero attached hydrogens (tertiary/aromatic N) is 1. The first kappa shape index (κ1) is 17.6. The zero-order chi connectivity index (χ0) is 15.8. The van der Waals surface area contributed by atoms with Crippen LogP contribution < -0.4 is 0 Å². The average molecular weight is 360 g/mol. The molecule has 21 heavy (non-hydrogen) atoms. The highest BCUT2D eigenvalue weighted by atomic mass is 79.9. The van der Waals surface area contributed by atoms with E-state index in [-0.39, 0.29) is 31.1 Å². The molecule has 0 aliphatic heterocycles. The summed E-state index contributed by atoms with van der Waals surface area (Å²) in [7, 11) is 0. The molecule has 0 saturated heterocycles. The normalized spacial score (nSPS) is 10.4. The number of unbranched alkanes of at least 4 members (excludes halogenated alkanes) is 1. The molecule has 6 heteroatoms. The first-order valence-corrected chi connectivity index (χ1v) is 7.66. The standard InChI is InChI=1S/C15H19BrFNO3/c1-2-18(14(19)5-3-4-6-15(20)21)10-11-9-12(16)7-8-13(11)17/h7-9H,2-6,10H2,1H3,(H,20,21). The van der Waals surface area contributed by atoms with Gasteiger partial charge >= 0.3 is 5.97 Å². The molecule has 0 aliphatic rings. The minimum Gasteiger partial charge on any atom is -0.481 e. The lowest BCUT2D eigenvalue weighted by molar-refractivity contribution is -0.137. The summed E-state index contributed by atoms with van der Waals surface area (Å²) in [6, 6.07) is 4.64. The molecule has 0 aliphatic carbocycles. The summed E-state index contributed by atoms with van der Waals surface area (Å²) in [5.74, 6) is -1.27. The maximum Gasteiger partial charge on any atom is 0.303 e. The molecule has 1 N–H and O–H groups in total. The molecular formula is C15H19BrFNO3. The Labute approximate surface area is 132 Å². The third kappa shape index (κ3) is 6.25. The van der Waals surface area contributed by atoms with Crippen molar-refractivity contribution in [1.82, 2.24) is 4.90 Å². The Morgan fingerprint density at radius 3 is 2.57 bits per heavy atom. The molecule has 1 aromatic carbocycles. The fourth-order valence-electron chi connectivity index (χ4n) is 1.96. The van der Waals surface area contributed by atoms with Gasteiger partial charge in [0.1, 0.15) is 5.82 Å². The van der Waals surface area contributed by atoms with E-state index in [4.69, 9.17) is 5.11 Å². The van der Waals surface area contributed by atoms with Crippen LogP contribution in [0.1, 0.15) is 38.2 Å². The SMILES string of the molecule is CCN(Cc1cc(Br)ccc1F)C(=O)CCCCC(=O)O. The maximum absolute atomic E-state index is 13.7. The molecule has 0 bridgehead atoms. The molecule has 0 aromatic heterocycles. The molecule has 116 valence electrons. The van der Waals surface area contributed by atoms with Crippen LogP contribution in [0.25, 0.3) is 0 Å². The van der Waals surface area contributed by atoms with E-state index in [9.17, 15) is 14.0 Å².